The van der Waals surface area contributed by atoms with Gasteiger partial charge in [0.1, 0.15) is 5.82 Å². The molecular weight excluding hydrogens is 321 g/mol. The molecule has 0 bridgehead atoms. The van der Waals surface area contributed by atoms with Gasteiger partial charge in [0.25, 0.3) is 5.56 Å². The normalized spacial score (nSPS) is 11.4. The summed E-state index contributed by atoms with van der Waals surface area (Å²) >= 11 is 11.9. The second kappa shape index (κ2) is 5.91. The van der Waals surface area contributed by atoms with Gasteiger partial charge in [-0.05, 0) is 31.2 Å². The van der Waals surface area contributed by atoms with E-state index in [1.807, 2.05) is 6.07 Å². The molecule has 0 fully saturated rings. The number of aromatic nitrogens is 2. The molecule has 0 spiro atoms. The van der Waals surface area contributed by atoms with Crippen molar-refractivity contribution in [3.05, 3.63) is 74.3 Å². The van der Waals surface area contributed by atoms with Crippen LogP contribution in [0.3, 0.4) is 0 Å². The summed E-state index contributed by atoms with van der Waals surface area (Å²) in [7, 11) is 0. The Morgan fingerprint density at radius 1 is 1.18 bits per heavy atom. The first-order valence-corrected chi connectivity index (χ1v) is 7.29. The Hall–Kier alpha value is -2.17. The van der Waals surface area contributed by atoms with Crippen LogP contribution in [0.2, 0.25) is 10.0 Å². The highest BCUT2D eigenvalue weighted by molar-refractivity contribution is 6.36. The van der Waals surface area contributed by atoms with E-state index in [0.29, 0.717) is 32.3 Å². The largest absolute Gasteiger partial charge is 0.282 e. The minimum absolute atomic E-state index is 0.218. The number of nitrogens with zero attached hydrogens (tertiary/aromatic N) is 3. The zero-order valence-corrected chi connectivity index (χ0v) is 13.1. The van der Waals surface area contributed by atoms with Crippen molar-refractivity contribution in [2.24, 2.45) is 5.10 Å². The van der Waals surface area contributed by atoms with Gasteiger partial charge < -0.3 is 0 Å². The Labute approximate surface area is 136 Å². The highest BCUT2D eigenvalue weighted by Crippen LogP contribution is 2.19. The molecule has 22 heavy (non-hydrogen) atoms. The number of hydrogen-bond donors (Lipinski definition) is 0. The molecule has 0 saturated carbocycles. The van der Waals surface area contributed by atoms with Crippen molar-refractivity contribution in [1.29, 1.82) is 0 Å². The standard InChI is InChI=1S/C16H11Cl2N3O/c1-10-20-15-5-3-2-4-13(15)16(22)21(10)19-9-11-6-7-12(17)8-14(11)18/h2-9H,1H3. The molecule has 6 heteroatoms. The van der Waals surface area contributed by atoms with Crippen LogP contribution in [0.5, 0.6) is 0 Å². The van der Waals surface area contributed by atoms with Crippen LogP contribution in [0.25, 0.3) is 10.9 Å². The average Bonchev–Trinajstić information content (AvgIpc) is 2.49. The second-order valence-electron chi connectivity index (χ2n) is 4.70. The minimum Gasteiger partial charge on any atom is -0.267 e. The van der Waals surface area contributed by atoms with Crippen LogP contribution in [0.4, 0.5) is 0 Å². The molecule has 0 aliphatic rings. The molecule has 1 aromatic heterocycles. The molecule has 0 aliphatic heterocycles. The molecule has 110 valence electrons. The lowest BCUT2D eigenvalue weighted by Crippen LogP contribution is -2.20. The maximum absolute atomic E-state index is 12.5. The van der Waals surface area contributed by atoms with Gasteiger partial charge in [0, 0.05) is 10.6 Å². The Balaban J connectivity index is 2.11. The molecule has 1 heterocycles. The van der Waals surface area contributed by atoms with E-state index >= 15 is 0 Å². The van der Waals surface area contributed by atoms with Crippen molar-refractivity contribution in [2.75, 3.05) is 0 Å². The molecule has 4 nitrogen and oxygen atoms in total. The zero-order chi connectivity index (χ0) is 15.7. The number of aryl methyl sites for hydroxylation is 1. The molecule has 0 unspecified atom stereocenters. The highest BCUT2D eigenvalue weighted by atomic mass is 35.5. The Kier molecular flexibility index (Phi) is 3.96. The molecule has 3 aromatic rings. The summed E-state index contributed by atoms with van der Waals surface area (Å²) in [5.41, 5.74) is 1.11. The van der Waals surface area contributed by atoms with Gasteiger partial charge in [-0.2, -0.15) is 9.78 Å². The second-order valence-corrected chi connectivity index (χ2v) is 5.55. The molecule has 3 rings (SSSR count). The lowest BCUT2D eigenvalue weighted by molar-refractivity contribution is 0.771. The smallest absolute Gasteiger partial charge is 0.267 e. The predicted octanol–water partition coefficient (Wildman–Crippen LogP) is 3.89. The molecule has 0 N–H and O–H groups in total. The van der Waals surface area contributed by atoms with Crippen LogP contribution in [-0.2, 0) is 0 Å². The summed E-state index contributed by atoms with van der Waals surface area (Å²) in [6.07, 6.45) is 1.52. The fourth-order valence-electron chi connectivity index (χ4n) is 2.10. The van der Waals surface area contributed by atoms with E-state index in [4.69, 9.17) is 23.2 Å². The fourth-order valence-corrected chi connectivity index (χ4v) is 2.55. The average molecular weight is 332 g/mol. The van der Waals surface area contributed by atoms with Gasteiger partial charge in [-0.25, -0.2) is 4.98 Å². The SMILES string of the molecule is Cc1nc2ccccc2c(=O)n1N=Cc1ccc(Cl)cc1Cl. The van der Waals surface area contributed by atoms with Crippen LogP contribution >= 0.6 is 23.2 Å². The number of benzene rings is 2. The van der Waals surface area contributed by atoms with Crippen LogP contribution in [-0.4, -0.2) is 15.9 Å². The maximum atomic E-state index is 12.5. The Bertz CT molecular complexity index is 948. The van der Waals surface area contributed by atoms with E-state index in [0.717, 1.165) is 0 Å². The first-order valence-electron chi connectivity index (χ1n) is 6.54. The van der Waals surface area contributed by atoms with Crippen molar-refractivity contribution in [3.63, 3.8) is 0 Å². The molecule has 2 aromatic carbocycles. The number of para-hydroxylation sites is 1. The molecule has 0 amide bonds. The van der Waals surface area contributed by atoms with Crippen molar-refractivity contribution >= 4 is 40.3 Å². The summed E-state index contributed by atoms with van der Waals surface area (Å²) in [5, 5.41) is 5.74. The summed E-state index contributed by atoms with van der Waals surface area (Å²) in [5.74, 6) is 0.505. The number of halogens is 2. The molecule has 0 atom stereocenters. The van der Waals surface area contributed by atoms with Crippen LogP contribution in [0.15, 0.2) is 52.4 Å². The molecule has 0 aliphatic carbocycles. The molecule has 0 radical (unpaired) electrons. The van der Waals surface area contributed by atoms with Gasteiger partial charge in [0.15, 0.2) is 0 Å². The van der Waals surface area contributed by atoms with E-state index in [9.17, 15) is 4.79 Å². The first-order chi connectivity index (χ1) is 10.6. The van der Waals surface area contributed by atoms with Crippen LogP contribution in [0.1, 0.15) is 11.4 Å². The lowest BCUT2D eigenvalue weighted by atomic mass is 10.2. The third-order valence-corrected chi connectivity index (χ3v) is 3.75. The quantitative estimate of drug-likeness (QED) is 0.668. The monoisotopic (exact) mass is 331 g/mol. The third kappa shape index (κ3) is 2.75. The third-order valence-electron chi connectivity index (χ3n) is 3.19. The minimum atomic E-state index is -0.218. The summed E-state index contributed by atoms with van der Waals surface area (Å²) in [4.78, 5) is 16.8. The van der Waals surface area contributed by atoms with Gasteiger partial charge >= 0.3 is 0 Å². The molecular formula is C16H11Cl2N3O. The summed E-state index contributed by atoms with van der Waals surface area (Å²) in [6, 6.07) is 12.2. The van der Waals surface area contributed by atoms with Crippen molar-refractivity contribution in [1.82, 2.24) is 9.66 Å². The number of hydrogen-bond acceptors (Lipinski definition) is 3. The first kappa shape index (κ1) is 14.8. The Morgan fingerprint density at radius 2 is 1.95 bits per heavy atom. The van der Waals surface area contributed by atoms with Gasteiger partial charge in [-0.3, -0.25) is 4.79 Å². The van der Waals surface area contributed by atoms with E-state index < -0.39 is 0 Å². The van der Waals surface area contributed by atoms with E-state index in [1.54, 1.807) is 43.3 Å². The Morgan fingerprint density at radius 3 is 2.73 bits per heavy atom. The summed E-state index contributed by atoms with van der Waals surface area (Å²) in [6.45, 7) is 1.73. The van der Waals surface area contributed by atoms with E-state index in [1.165, 1.54) is 10.9 Å². The van der Waals surface area contributed by atoms with Crippen molar-refractivity contribution in [3.8, 4) is 0 Å². The van der Waals surface area contributed by atoms with Gasteiger partial charge in [-0.1, -0.05) is 41.4 Å². The fraction of sp³-hybridized carbons (Fsp3) is 0.0625. The van der Waals surface area contributed by atoms with Crippen LogP contribution < -0.4 is 5.56 Å². The lowest BCUT2D eigenvalue weighted by Gasteiger charge is -2.05. The van der Waals surface area contributed by atoms with Crippen LogP contribution in [0, 0.1) is 6.92 Å². The van der Waals surface area contributed by atoms with Gasteiger partial charge in [0.2, 0.25) is 0 Å². The van der Waals surface area contributed by atoms with Crippen molar-refractivity contribution < 1.29 is 0 Å². The van der Waals surface area contributed by atoms with E-state index in [2.05, 4.69) is 10.1 Å². The highest BCUT2D eigenvalue weighted by Gasteiger charge is 2.06. The van der Waals surface area contributed by atoms with E-state index in [-0.39, 0.29) is 5.56 Å². The predicted molar refractivity (Wildman–Crippen MR) is 90.2 cm³/mol. The summed E-state index contributed by atoms with van der Waals surface area (Å²) < 4.78 is 1.26. The zero-order valence-electron chi connectivity index (χ0n) is 11.6. The maximum Gasteiger partial charge on any atom is 0.282 e. The van der Waals surface area contributed by atoms with Gasteiger partial charge in [0.05, 0.1) is 22.1 Å². The van der Waals surface area contributed by atoms with Crippen molar-refractivity contribution in [2.45, 2.75) is 6.92 Å². The number of rotatable bonds is 2. The topological polar surface area (TPSA) is 47.2 Å². The van der Waals surface area contributed by atoms with Gasteiger partial charge in [-0.15, -0.1) is 0 Å². The molecule has 0 saturated heterocycles. The number of fused-ring (bicyclic) bond motifs is 1.